The highest BCUT2D eigenvalue weighted by molar-refractivity contribution is 6.00. The minimum Gasteiger partial charge on any atom is -0.465 e. The quantitative estimate of drug-likeness (QED) is 0.394. The Morgan fingerprint density at radius 2 is 1.57 bits per heavy atom. The van der Waals surface area contributed by atoms with Gasteiger partial charge in [0.1, 0.15) is 6.54 Å². The Bertz CT molecular complexity index is 1270. The van der Waals surface area contributed by atoms with Gasteiger partial charge in [0, 0.05) is 5.69 Å². The molecule has 0 atom stereocenters. The van der Waals surface area contributed by atoms with Crippen molar-refractivity contribution in [2.75, 3.05) is 26.1 Å². The van der Waals surface area contributed by atoms with Gasteiger partial charge in [-0.2, -0.15) is 13.2 Å². The Balaban J connectivity index is 1.71. The van der Waals surface area contributed by atoms with Crippen molar-refractivity contribution in [3.8, 4) is 0 Å². The number of amides is 1. The summed E-state index contributed by atoms with van der Waals surface area (Å²) in [6.07, 6.45) is -4.82. The van der Waals surface area contributed by atoms with E-state index in [-0.39, 0.29) is 27.8 Å². The number of nitrogens with zero attached hydrogens (tertiary/aromatic N) is 2. The number of halogens is 3. The molecule has 0 aliphatic carbocycles. The van der Waals surface area contributed by atoms with E-state index < -0.39 is 49.0 Å². The van der Waals surface area contributed by atoms with Gasteiger partial charge >= 0.3 is 24.1 Å². The summed E-state index contributed by atoms with van der Waals surface area (Å²) in [6.45, 7) is -1.68. The molecule has 3 rings (SSSR count). The molecule has 0 aliphatic rings. The van der Waals surface area contributed by atoms with Crippen molar-refractivity contribution in [3.05, 3.63) is 59.4 Å². The number of nitrogens with one attached hydrogen (secondary N) is 1. The second kappa shape index (κ2) is 10.2. The smallest absolute Gasteiger partial charge is 0.449 e. The lowest BCUT2D eigenvalue weighted by Crippen LogP contribution is -2.25. The van der Waals surface area contributed by atoms with Gasteiger partial charge in [-0.05, 0) is 30.3 Å². The zero-order valence-electron chi connectivity index (χ0n) is 18.3. The summed E-state index contributed by atoms with van der Waals surface area (Å²) in [5.74, 6) is -4.85. The fraction of sp³-hybridized carbons (Fsp3) is 0.227. The molecule has 2 aromatic carbocycles. The van der Waals surface area contributed by atoms with Crippen molar-refractivity contribution in [3.63, 3.8) is 0 Å². The monoisotopic (exact) mass is 493 g/mol. The van der Waals surface area contributed by atoms with E-state index in [9.17, 15) is 32.3 Å². The number of hydrogen-bond donors (Lipinski definition) is 1. The number of carbonyl (C=O) groups is 4. The molecule has 35 heavy (non-hydrogen) atoms. The van der Waals surface area contributed by atoms with Gasteiger partial charge in [0.2, 0.25) is 5.82 Å². The molecule has 0 saturated heterocycles. The lowest BCUT2D eigenvalue weighted by atomic mass is 10.1. The first-order chi connectivity index (χ1) is 16.5. The number of fused-ring (bicyclic) bond motifs is 1. The number of alkyl halides is 3. The van der Waals surface area contributed by atoms with E-state index in [1.165, 1.54) is 42.5 Å². The zero-order chi connectivity index (χ0) is 25.8. The second-order valence-corrected chi connectivity index (χ2v) is 7.00. The van der Waals surface area contributed by atoms with Gasteiger partial charge in [0.05, 0.1) is 36.4 Å². The molecule has 0 bridgehead atoms. The first-order valence-corrected chi connectivity index (χ1v) is 9.83. The predicted molar refractivity (Wildman–Crippen MR) is 113 cm³/mol. The summed E-state index contributed by atoms with van der Waals surface area (Å²) >= 11 is 0. The van der Waals surface area contributed by atoms with Crippen molar-refractivity contribution in [2.24, 2.45) is 0 Å². The first-order valence-electron chi connectivity index (χ1n) is 9.83. The van der Waals surface area contributed by atoms with Crippen LogP contribution in [0.25, 0.3) is 11.0 Å². The normalized spacial score (nSPS) is 11.1. The molecule has 13 heteroatoms. The standard InChI is InChI=1S/C22H18F3N3O7/c1-33-19(31)12-7-13(20(32)34-2)9-14(8-12)26-17(29)11-35-18(30)10-28-16-6-4-3-5-15(16)27-21(28)22(23,24)25/h3-9H,10-11H2,1-2H3,(H,26,29). The number of esters is 3. The molecule has 1 heterocycles. The fourth-order valence-electron chi connectivity index (χ4n) is 3.14. The number of aromatic nitrogens is 2. The third-order valence-electron chi connectivity index (χ3n) is 4.62. The van der Waals surface area contributed by atoms with Gasteiger partial charge in [0.15, 0.2) is 6.61 Å². The Morgan fingerprint density at radius 3 is 2.14 bits per heavy atom. The summed E-state index contributed by atoms with van der Waals surface area (Å²) in [4.78, 5) is 51.6. The van der Waals surface area contributed by atoms with E-state index in [4.69, 9.17) is 4.74 Å². The lowest BCUT2D eigenvalue weighted by molar-refractivity contribution is -0.152. The van der Waals surface area contributed by atoms with Gasteiger partial charge in [0.25, 0.3) is 5.91 Å². The predicted octanol–water partition coefficient (Wildman–Crippen LogP) is 2.81. The minimum atomic E-state index is -4.82. The van der Waals surface area contributed by atoms with Gasteiger partial charge in [-0.3, -0.25) is 9.59 Å². The summed E-state index contributed by atoms with van der Waals surface area (Å²) in [5, 5.41) is 2.33. The summed E-state index contributed by atoms with van der Waals surface area (Å²) in [6, 6.07) is 9.35. The average Bonchev–Trinajstić information content (AvgIpc) is 3.20. The molecule has 184 valence electrons. The van der Waals surface area contributed by atoms with Gasteiger partial charge in [-0.15, -0.1) is 0 Å². The number of methoxy groups -OCH3 is 2. The van der Waals surface area contributed by atoms with Crippen molar-refractivity contribution in [2.45, 2.75) is 12.7 Å². The number of benzene rings is 2. The Hall–Kier alpha value is -4.42. The third kappa shape index (κ3) is 5.93. The molecule has 0 fully saturated rings. The van der Waals surface area contributed by atoms with Crippen LogP contribution in [0, 0.1) is 0 Å². The SMILES string of the molecule is COC(=O)c1cc(NC(=O)COC(=O)Cn2c(C(F)(F)F)nc3ccccc32)cc(C(=O)OC)c1. The second-order valence-electron chi connectivity index (χ2n) is 7.00. The molecular formula is C22H18F3N3O7. The highest BCUT2D eigenvalue weighted by atomic mass is 19.4. The van der Waals surface area contributed by atoms with Crippen molar-refractivity contribution in [1.29, 1.82) is 0 Å². The molecule has 0 unspecified atom stereocenters. The molecular weight excluding hydrogens is 475 g/mol. The van der Waals surface area contributed by atoms with E-state index in [0.29, 0.717) is 4.57 Å². The molecule has 0 spiro atoms. The lowest BCUT2D eigenvalue weighted by Gasteiger charge is -2.12. The Labute approximate surface area is 195 Å². The summed E-state index contributed by atoms with van der Waals surface area (Å²) < 4.78 is 54.7. The van der Waals surface area contributed by atoms with Crippen molar-refractivity contribution in [1.82, 2.24) is 9.55 Å². The van der Waals surface area contributed by atoms with Crippen LogP contribution in [-0.2, 0) is 36.5 Å². The van der Waals surface area contributed by atoms with Crippen LogP contribution in [0.15, 0.2) is 42.5 Å². The van der Waals surface area contributed by atoms with Crippen LogP contribution in [0.4, 0.5) is 18.9 Å². The van der Waals surface area contributed by atoms with Crippen LogP contribution < -0.4 is 5.32 Å². The number of carbonyl (C=O) groups excluding carboxylic acids is 4. The van der Waals surface area contributed by atoms with E-state index in [0.717, 1.165) is 14.2 Å². The minimum absolute atomic E-state index is 0.00527. The van der Waals surface area contributed by atoms with Crippen LogP contribution in [0.3, 0.4) is 0 Å². The van der Waals surface area contributed by atoms with Gasteiger partial charge in [-0.1, -0.05) is 12.1 Å². The maximum Gasteiger partial charge on any atom is 0.449 e. The van der Waals surface area contributed by atoms with Crippen LogP contribution in [0.1, 0.15) is 26.5 Å². The van der Waals surface area contributed by atoms with Gasteiger partial charge < -0.3 is 24.1 Å². The van der Waals surface area contributed by atoms with E-state index in [1.54, 1.807) is 0 Å². The molecule has 0 radical (unpaired) electrons. The Morgan fingerprint density at radius 1 is 0.971 bits per heavy atom. The fourth-order valence-corrected chi connectivity index (χ4v) is 3.14. The zero-order valence-corrected chi connectivity index (χ0v) is 18.3. The summed E-state index contributed by atoms with van der Waals surface area (Å²) in [5.41, 5.74) is -0.0218. The molecule has 1 amide bonds. The third-order valence-corrected chi connectivity index (χ3v) is 4.62. The number of hydrogen-bond acceptors (Lipinski definition) is 8. The molecule has 0 saturated carbocycles. The van der Waals surface area contributed by atoms with Crippen LogP contribution in [0.2, 0.25) is 0 Å². The first kappa shape index (κ1) is 25.2. The van der Waals surface area contributed by atoms with Crippen LogP contribution >= 0.6 is 0 Å². The number of rotatable bonds is 7. The van der Waals surface area contributed by atoms with Crippen molar-refractivity contribution < 1.29 is 46.6 Å². The number of ether oxygens (including phenoxy) is 3. The highest BCUT2D eigenvalue weighted by Crippen LogP contribution is 2.31. The van der Waals surface area contributed by atoms with E-state index in [1.807, 2.05) is 0 Å². The van der Waals surface area contributed by atoms with Crippen molar-refractivity contribution >= 4 is 40.5 Å². The highest BCUT2D eigenvalue weighted by Gasteiger charge is 2.38. The van der Waals surface area contributed by atoms with E-state index >= 15 is 0 Å². The van der Waals surface area contributed by atoms with Crippen LogP contribution in [0.5, 0.6) is 0 Å². The summed E-state index contributed by atoms with van der Waals surface area (Å²) in [7, 11) is 2.25. The number of para-hydroxylation sites is 2. The maximum absolute atomic E-state index is 13.4. The molecule has 10 nitrogen and oxygen atoms in total. The molecule has 1 aromatic heterocycles. The van der Waals surface area contributed by atoms with Crippen LogP contribution in [-0.4, -0.2) is 54.2 Å². The largest absolute Gasteiger partial charge is 0.465 e. The Kier molecular flexibility index (Phi) is 7.37. The number of imidazole rings is 1. The molecule has 1 N–H and O–H groups in total. The topological polar surface area (TPSA) is 126 Å². The number of anilines is 1. The maximum atomic E-state index is 13.4. The van der Waals surface area contributed by atoms with Gasteiger partial charge in [-0.25, -0.2) is 14.6 Å². The average molecular weight is 493 g/mol. The molecule has 3 aromatic rings. The molecule has 0 aliphatic heterocycles. The van der Waals surface area contributed by atoms with E-state index in [2.05, 4.69) is 19.8 Å².